The highest BCUT2D eigenvalue weighted by Gasteiger charge is 2.58. The smallest absolute Gasteiger partial charge is 0.353 e. The van der Waals surface area contributed by atoms with E-state index < -0.39 is 42.9 Å². The summed E-state index contributed by atoms with van der Waals surface area (Å²) in [7, 11) is -2.70. The Morgan fingerprint density at radius 3 is 2.49 bits per heavy atom. The topological polar surface area (TPSA) is 162 Å². The minimum Gasteiger partial charge on any atom is -0.467 e. The zero-order valence-electron chi connectivity index (χ0n) is 19.6. The van der Waals surface area contributed by atoms with Gasteiger partial charge in [0.05, 0.1) is 12.0 Å². The van der Waals surface area contributed by atoms with Crippen molar-refractivity contribution in [3.05, 3.63) is 45.5 Å². The maximum Gasteiger partial charge on any atom is 0.353 e. The number of carbonyl (C=O) groups is 1. The third-order valence-electron chi connectivity index (χ3n) is 6.38. The molecule has 2 heterocycles. The summed E-state index contributed by atoms with van der Waals surface area (Å²) in [5.74, 6) is -1.50. The fourth-order valence-electron chi connectivity index (χ4n) is 4.50. The van der Waals surface area contributed by atoms with E-state index in [9.17, 15) is 23.3 Å². The molecule has 35 heavy (non-hydrogen) atoms. The number of aromatic nitrogens is 2. The summed E-state index contributed by atoms with van der Waals surface area (Å²) in [6.07, 6.45) is 3.94. The minimum atomic E-state index is -3.94. The molecule has 1 aromatic heterocycles. The van der Waals surface area contributed by atoms with Gasteiger partial charge in [0.25, 0.3) is 5.16 Å². The number of sulfone groups is 1. The molecular weight excluding hydrogens is 476 g/mol. The maximum absolute atomic E-state index is 12.8. The Morgan fingerprint density at radius 1 is 1.26 bits per heavy atom. The van der Waals surface area contributed by atoms with Crippen molar-refractivity contribution < 1.29 is 22.9 Å². The van der Waals surface area contributed by atoms with Crippen molar-refractivity contribution in [1.82, 2.24) is 14.9 Å². The second kappa shape index (κ2) is 9.38. The van der Waals surface area contributed by atoms with Gasteiger partial charge in [-0.1, -0.05) is 24.3 Å². The molecule has 2 aromatic rings. The Labute approximate surface area is 203 Å². The lowest BCUT2D eigenvalue weighted by molar-refractivity contribution is -0.383. The fourth-order valence-corrected chi connectivity index (χ4v) is 5.01. The number of carbonyl (C=O) groups excluding carboxylic acids is 1. The van der Waals surface area contributed by atoms with E-state index in [0.29, 0.717) is 12.8 Å². The van der Waals surface area contributed by atoms with Crippen LogP contribution in [0.2, 0.25) is 0 Å². The number of benzene rings is 1. The molecule has 0 bridgehead atoms. The number of likely N-dealkylation sites (tertiary alicyclic amines) is 1. The van der Waals surface area contributed by atoms with Crippen LogP contribution < -0.4 is 10.6 Å². The van der Waals surface area contributed by atoms with E-state index in [4.69, 9.17) is 10.5 Å². The van der Waals surface area contributed by atoms with Crippen LogP contribution in [0.3, 0.4) is 0 Å². The molecule has 0 spiro atoms. The van der Waals surface area contributed by atoms with E-state index in [1.165, 1.54) is 12.0 Å². The third-order valence-corrected chi connectivity index (χ3v) is 7.23. The van der Waals surface area contributed by atoms with Crippen molar-refractivity contribution in [2.24, 2.45) is 0 Å². The van der Waals surface area contributed by atoms with Crippen molar-refractivity contribution in [3.63, 3.8) is 0 Å². The SMILES string of the molecule is COC(=O)C1(N(Cc2cccc(CN3CCCC3)c2)c2nc(S(C)(=O)=O)nc(N)c2[N+](=O)[O-])CC1. The molecule has 0 radical (unpaired) electrons. The molecule has 1 saturated carbocycles. The highest BCUT2D eigenvalue weighted by molar-refractivity contribution is 7.90. The highest BCUT2D eigenvalue weighted by Crippen LogP contribution is 2.48. The summed E-state index contributed by atoms with van der Waals surface area (Å²) in [5, 5.41) is 11.3. The molecule has 2 aliphatic rings. The molecule has 1 aromatic carbocycles. The fraction of sp³-hybridized carbons (Fsp3) is 0.500. The lowest BCUT2D eigenvalue weighted by atomic mass is 10.1. The lowest BCUT2D eigenvalue weighted by Crippen LogP contribution is -2.45. The first kappa shape index (κ1) is 24.8. The quantitative estimate of drug-likeness (QED) is 0.229. The van der Waals surface area contributed by atoms with E-state index >= 15 is 0 Å². The minimum absolute atomic E-state index is 0.0590. The van der Waals surface area contributed by atoms with Gasteiger partial charge in [0.2, 0.25) is 21.5 Å². The van der Waals surface area contributed by atoms with Gasteiger partial charge in [0.15, 0.2) is 0 Å². The van der Waals surface area contributed by atoms with Gasteiger partial charge in [0, 0.05) is 19.3 Å². The molecule has 0 atom stereocenters. The Kier molecular flexibility index (Phi) is 6.64. The van der Waals surface area contributed by atoms with Crippen molar-refractivity contribution in [1.29, 1.82) is 0 Å². The first-order valence-corrected chi connectivity index (χ1v) is 13.1. The molecule has 1 saturated heterocycles. The monoisotopic (exact) mass is 504 g/mol. The maximum atomic E-state index is 12.8. The summed E-state index contributed by atoms with van der Waals surface area (Å²) in [5.41, 5.74) is 5.81. The number of esters is 1. The molecule has 1 aliphatic heterocycles. The average Bonchev–Trinajstić information content (AvgIpc) is 3.44. The second-order valence-electron chi connectivity index (χ2n) is 9.01. The molecule has 12 nitrogen and oxygen atoms in total. The molecule has 2 fully saturated rings. The van der Waals surface area contributed by atoms with E-state index in [-0.39, 0.29) is 12.4 Å². The summed E-state index contributed by atoms with van der Waals surface area (Å²) in [6, 6.07) is 7.72. The molecule has 2 N–H and O–H groups in total. The third kappa shape index (κ3) is 5.05. The molecule has 0 amide bonds. The van der Waals surface area contributed by atoms with Gasteiger partial charge in [-0.25, -0.2) is 13.2 Å². The summed E-state index contributed by atoms with van der Waals surface area (Å²) in [6.45, 7) is 2.89. The zero-order valence-corrected chi connectivity index (χ0v) is 20.5. The largest absolute Gasteiger partial charge is 0.467 e. The second-order valence-corrected chi connectivity index (χ2v) is 10.9. The number of nitrogen functional groups attached to an aromatic ring is 1. The Hall–Kier alpha value is -3.32. The summed E-state index contributed by atoms with van der Waals surface area (Å²) < 4.78 is 29.4. The van der Waals surface area contributed by atoms with Crippen LogP contribution in [0.15, 0.2) is 29.4 Å². The molecule has 13 heteroatoms. The van der Waals surface area contributed by atoms with Crippen LogP contribution in [0.5, 0.6) is 0 Å². The first-order valence-electron chi connectivity index (χ1n) is 11.2. The number of nitro groups is 1. The first-order chi connectivity index (χ1) is 16.5. The van der Waals surface area contributed by atoms with Gasteiger partial charge in [-0.3, -0.25) is 15.0 Å². The summed E-state index contributed by atoms with van der Waals surface area (Å²) in [4.78, 5) is 35.5. The van der Waals surface area contributed by atoms with Gasteiger partial charge in [-0.15, -0.1) is 0 Å². The Morgan fingerprint density at radius 2 is 1.91 bits per heavy atom. The van der Waals surface area contributed by atoms with Crippen LogP contribution in [0, 0.1) is 10.1 Å². The molecule has 0 unspecified atom stereocenters. The number of nitrogens with two attached hydrogens (primary N) is 1. The number of rotatable bonds is 9. The Bertz CT molecular complexity index is 1260. The molecule has 4 rings (SSSR count). The van der Waals surface area contributed by atoms with E-state index in [2.05, 4.69) is 14.9 Å². The highest BCUT2D eigenvalue weighted by atomic mass is 32.2. The van der Waals surface area contributed by atoms with Crippen molar-refractivity contribution >= 4 is 33.1 Å². The predicted molar refractivity (Wildman–Crippen MR) is 127 cm³/mol. The number of hydrogen-bond acceptors (Lipinski definition) is 11. The molecule has 188 valence electrons. The number of anilines is 2. The van der Waals surface area contributed by atoms with Crippen molar-refractivity contribution in [3.8, 4) is 0 Å². The van der Waals surface area contributed by atoms with E-state index in [0.717, 1.165) is 49.9 Å². The van der Waals surface area contributed by atoms with Crippen LogP contribution in [-0.4, -0.2) is 66.2 Å². The predicted octanol–water partition coefficient (Wildman–Crippen LogP) is 1.68. The van der Waals surface area contributed by atoms with Gasteiger partial charge in [-0.05, 0) is 49.9 Å². The van der Waals surface area contributed by atoms with Crippen LogP contribution in [0.25, 0.3) is 0 Å². The van der Waals surface area contributed by atoms with Crippen molar-refractivity contribution in [2.45, 2.75) is 49.5 Å². The number of hydrogen-bond donors (Lipinski definition) is 1. The van der Waals surface area contributed by atoms with Gasteiger partial charge in [-0.2, -0.15) is 9.97 Å². The molecular formula is C22H28N6O6S. The van der Waals surface area contributed by atoms with E-state index in [1.807, 2.05) is 24.3 Å². The average molecular weight is 505 g/mol. The van der Waals surface area contributed by atoms with Crippen molar-refractivity contribution in [2.75, 3.05) is 37.1 Å². The normalized spacial score (nSPS) is 17.2. The molecule has 1 aliphatic carbocycles. The van der Waals surface area contributed by atoms with Crippen LogP contribution in [0.4, 0.5) is 17.3 Å². The number of nitrogens with zero attached hydrogens (tertiary/aromatic N) is 5. The lowest BCUT2D eigenvalue weighted by Gasteiger charge is -2.31. The summed E-state index contributed by atoms with van der Waals surface area (Å²) >= 11 is 0. The standard InChI is InChI=1S/C22H28N6O6S/c1-34-20(29)22(8-9-22)27(14-16-7-5-6-15(12-16)13-26-10-3-4-11-26)19-17(28(30)31)18(23)24-21(25-19)35(2,32)33/h5-7,12H,3-4,8-11,13-14H2,1-2H3,(H2,23,24,25). The zero-order chi connectivity index (χ0) is 25.4. The number of methoxy groups -OCH3 is 1. The van der Waals surface area contributed by atoms with Gasteiger partial charge < -0.3 is 15.4 Å². The van der Waals surface area contributed by atoms with Crippen LogP contribution in [-0.2, 0) is 32.5 Å². The Balaban J connectivity index is 1.81. The number of ether oxygens (including phenoxy) is 1. The van der Waals surface area contributed by atoms with Crippen LogP contribution in [0.1, 0.15) is 36.8 Å². The van der Waals surface area contributed by atoms with E-state index in [1.54, 1.807) is 0 Å². The van der Waals surface area contributed by atoms with Gasteiger partial charge >= 0.3 is 11.7 Å². The van der Waals surface area contributed by atoms with Gasteiger partial charge in [0.1, 0.15) is 5.54 Å². The van der Waals surface area contributed by atoms with Crippen LogP contribution >= 0.6 is 0 Å².